The molecule has 1 saturated heterocycles. The van der Waals surface area contributed by atoms with Crippen LogP contribution in [-0.2, 0) is 16.1 Å². The molecule has 4 rings (SSSR count). The van der Waals surface area contributed by atoms with Crippen LogP contribution in [0.15, 0.2) is 42.5 Å². The number of rotatable bonds is 4. The molecule has 152 valence electrons. The van der Waals surface area contributed by atoms with E-state index in [2.05, 4.69) is 21.2 Å². The van der Waals surface area contributed by atoms with Gasteiger partial charge in [-0.15, -0.1) is 0 Å². The van der Waals surface area contributed by atoms with E-state index in [0.29, 0.717) is 5.56 Å². The standard InChI is InChI=1S/C22H25N3O4/c1-15-21(26)23-19-13-16(3-8-20(19)29-15)14-24-9-11-25(12-10-24)18-6-4-17(5-7-18)22(27)28-2/h3-8,13,15H,9-12,14H2,1-2H3,(H,23,26). The monoisotopic (exact) mass is 395 g/mol. The van der Waals surface area contributed by atoms with E-state index < -0.39 is 6.10 Å². The normalized spacial score (nSPS) is 19.2. The van der Waals surface area contributed by atoms with E-state index in [1.165, 1.54) is 7.11 Å². The zero-order valence-electron chi connectivity index (χ0n) is 16.7. The van der Waals surface area contributed by atoms with Crippen LogP contribution in [0.3, 0.4) is 0 Å². The van der Waals surface area contributed by atoms with Gasteiger partial charge in [-0.25, -0.2) is 4.79 Å². The molecule has 7 nitrogen and oxygen atoms in total. The van der Waals surface area contributed by atoms with E-state index >= 15 is 0 Å². The van der Waals surface area contributed by atoms with Crippen molar-refractivity contribution in [2.75, 3.05) is 43.5 Å². The quantitative estimate of drug-likeness (QED) is 0.803. The van der Waals surface area contributed by atoms with Crippen molar-refractivity contribution >= 4 is 23.3 Å². The number of hydrogen-bond donors (Lipinski definition) is 1. The summed E-state index contributed by atoms with van der Waals surface area (Å²) in [6, 6.07) is 13.5. The Morgan fingerprint density at radius 3 is 2.55 bits per heavy atom. The number of piperazine rings is 1. The number of benzene rings is 2. The highest BCUT2D eigenvalue weighted by atomic mass is 16.5. The van der Waals surface area contributed by atoms with Crippen LogP contribution in [0.5, 0.6) is 5.75 Å². The molecular weight excluding hydrogens is 370 g/mol. The number of fused-ring (bicyclic) bond motifs is 1. The van der Waals surface area contributed by atoms with Crippen molar-refractivity contribution < 1.29 is 19.1 Å². The zero-order chi connectivity index (χ0) is 20.4. The lowest BCUT2D eigenvalue weighted by atomic mass is 10.1. The van der Waals surface area contributed by atoms with Gasteiger partial charge in [-0.2, -0.15) is 0 Å². The van der Waals surface area contributed by atoms with E-state index in [9.17, 15) is 9.59 Å². The molecule has 29 heavy (non-hydrogen) atoms. The predicted molar refractivity (Wildman–Crippen MR) is 110 cm³/mol. The molecule has 2 aliphatic rings. The van der Waals surface area contributed by atoms with Crippen LogP contribution in [0.25, 0.3) is 0 Å². The second-order valence-corrected chi connectivity index (χ2v) is 7.38. The minimum absolute atomic E-state index is 0.110. The third-order valence-corrected chi connectivity index (χ3v) is 5.41. The first-order chi connectivity index (χ1) is 14.0. The SMILES string of the molecule is COC(=O)c1ccc(N2CCN(Cc3ccc4c(c3)NC(=O)C(C)O4)CC2)cc1. The molecule has 2 aliphatic heterocycles. The fraction of sp³-hybridized carbons (Fsp3) is 0.364. The molecule has 0 aromatic heterocycles. The zero-order valence-corrected chi connectivity index (χ0v) is 16.7. The van der Waals surface area contributed by atoms with E-state index in [1.54, 1.807) is 19.1 Å². The first kappa shape index (κ1) is 19.3. The summed E-state index contributed by atoms with van der Waals surface area (Å²) in [6.45, 7) is 6.29. The minimum Gasteiger partial charge on any atom is -0.479 e. The molecule has 1 fully saturated rings. The van der Waals surface area contributed by atoms with E-state index in [0.717, 1.165) is 55.4 Å². The average Bonchev–Trinajstić information content (AvgIpc) is 2.75. The Morgan fingerprint density at radius 1 is 1.14 bits per heavy atom. The molecule has 1 N–H and O–H groups in total. The molecule has 0 aliphatic carbocycles. The summed E-state index contributed by atoms with van der Waals surface area (Å²) in [7, 11) is 1.39. The lowest BCUT2D eigenvalue weighted by molar-refractivity contribution is -0.122. The van der Waals surface area contributed by atoms with Crippen LogP contribution in [0.1, 0.15) is 22.8 Å². The molecule has 7 heteroatoms. The Balaban J connectivity index is 1.34. The Hall–Kier alpha value is -3.06. The molecule has 2 aromatic rings. The predicted octanol–water partition coefficient (Wildman–Crippen LogP) is 2.51. The lowest BCUT2D eigenvalue weighted by Crippen LogP contribution is -2.46. The Kier molecular flexibility index (Phi) is 5.40. The third-order valence-electron chi connectivity index (χ3n) is 5.41. The molecule has 1 unspecified atom stereocenters. The lowest BCUT2D eigenvalue weighted by Gasteiger charge is -2.36. The van der Waals surface area contributed by atoms with Crippen LogP contribution in [0.4, 0.5) is 11.4 Å². The summed E-state index contributed by atoms with van der Waals surface area (Å²) in [5.41, 5.74) is 3.57. The van der Waals surface area contributed by atoms with Crippen molar-refractivity contribution in [2.24, 2.45) is 0 Å². The molecule has 2 aromatic carbocycles. The van der Waals surface area contributed by atoms with Crippen molar-refractivity contribution in [1.29, 1.82) is 0 Å². The van der Waals surface area contributed by atoms with Gasteiger partial charge in [0, 0.05) is 38.4 Å². The number of esters is 1. The summed E-state index contributed by atoms with van der Waals surface area (Å²) < 4.78 is 10.4. The number of carbonyl (C=O) groups excluding carboxylic acids is 2. The van der Waals surface area contributed by atoms with E-state index in [4.69, 9.17) is 9.47 Å². The molecule has 1 atom stereocenters. The summed E-state index contributed by atoms with van der Waals surface area (Å²) in [5.74, 6) is 0.296. The van der Waals surface area contributed by atoms with Crippen molar-refractivity contribution in [3.05, 3.63) is 53.6 Å². The molecule has 0 spiro atoms. The molecule has 0 saturated carbocycles. The number of nitrogens with one attached hydrogen (secondary N) is 1. The van der Waals surface area contributed by atoms with Gasteiger partial charge in [-0.05, 0) is 48.9 Å². The summed E-state index contributed by atoms with van der Waals surface area (Å²) in [5, 5.41) is 2.91. The fourth-order valence-corrected chi connectivity index (χ4v) is 3.70. The highest BCUT2D eigenvalue weighted by molar-refractivity contribution is 5.97. The first-order valence-electron chi connectivity index (χ1n) is 9.79. The third kappa shape index (κ3) is 4.19. The summed E-state index contributed by atoms with van der Waals surface area (Å²) >= 11 is 0. The van der Waals surface area contributed by atoms with Gasteiger partial charge < -0.3 is 19.7 Å². The first-order valence-corrected chi connectivity index (χ1v) is 9.79. The number of anilines is 2. The van der Waals surface area contributed by atoms with Crippen molar-refractivity contribution in [3.63, 3.8) is 0 Å². The number of methoxy groups -OCH3 is 1. The molecular formula is C22H25N3O4. The molecule has 0 bridgehead atoms. The van der Waals surface area contributed by atoms with E-state index in [-0.39, 0.29) is 11.9 Å². The maximum atomic E-state index is 11.8. The van der Waals surface area contributed by atoms with Crippen LogP contribution in [-0.4, -0.2) is 56.2 Å². The topological polar surface area (TPSA) is 71.1 Å². The fourth-order valence-electron chi connectivity index (χ4n) is 3.70. The van der Waals surface area contributed by atoms with Crippen LogP contribution in [0, 0.1) is 0 Å². The molecule has 1 amide bonds. The van der Waals surface area contributed by atoms with Gasteiger partial charge >= 0.3 is 5.97 Å². The number of carbonyl (C=O) groups is 2. The average molecular weight is 395 g/mol. The largest absolute Gasteiger partial charge is 0.479 e. The van der Waals surface area contributed by atoms with Crippen molar-refractivity contribution in [1.82, 2.24) is 4.90 Å². The maximum Gasteiger partial charge on any atom is 0.337 e. The van der Waals surface area contributed by atoms with Gasteiger partial charge in [-0.3, -0.25) is 9.69 Å². The number of amides is 1. The second kappa shape index (κ2) is 8.13. The number of ether oxygens (including phenoxy) is 2. The minimum atomic E-state index is -0.455. The van der Waals surface area contributed by atoms with Crippen LogP contribution >= 0.6 is 0 Å². The Labute approximate surface area is 170 Å². The maximum absolute atomic E-state index is 11.8. The van der Waals surface area contributed by atoms with Gasteiger partial charge in [0.25, 0.3) is 5.91 Å². The van der Waals surface area contributed by atoms with Gasteiger partial charge in [0.1, 0.15) is 5.75 Å². The van der Waals surface area contributed by atoms with Gasteiger partial charge in [0.15, 0.2) is 6.10 Å². The Morgan fingerprint density at radius 2 is 1.86 bits per heavy atom. The number of nitrogens with zero attached hydrogens (tertiary/aromatic N) is 2. The highest BCUT2D eigenvalue weighted by Gasteiger charge is 2.24. The van der Waals surface area contributed by atoms with Crippen molar-refractivity contribution in [2.45, 2.75) is 19.6 Å². The van der Waals surface area contributed by atoms with Crippen molar-refractivity contribution in [3.8, 4) is 5.75 Å². The van der Waals surface area contributed by atoms with E-state index in [1.807, 2.05) is 24.3 Å². The van der Waals surface area contributed by atoms with Gasteiger partial charge in [0.05, 0.1) is 18.4 Å². The molecule has 2 heterocycles. The highest BCUT2D eigenvalue weighted by Crippen LogP contribution is 2.31. The van der Waals surface area contributed by atoms with Crippen LogP contribution in [0.2, 0.25) is 0 Å². The second-order valence-electron chi connectivity index (χ2n) is 7.38. The van der Waals surface area contributed by atoms with Crippen LogP contribution < -0.4 is 15.0 Å². The molecule has 0 radical (unpaired) electrons. The summed E-state index contributed by atoms with van der Waals surface area (Å²) in [4.78, 5) is 28.1. The van der Waals surface area contributed by atoms with Gasteiger partial charge in [-0.1, -0.05) is 6.07 Å². The smallest absolute Gasteiger partial charge is 0.337 e. The number of hydrogen-bond acceptors (Lipinski definition) is 6. The summed E-state index contributed by atoms with van der Waals surface area (Å²) in [6.07, 6.45) is -0.455. The Bertz CT molecular complexity index is 905. The van der Waals surface area contributed by atoms with Gasteiger partial charge in [0.2, 0.25) is 0 Å².